The molecule has 3 rings (SSSR count). The lowest BCUT2D eigenvalue weighted by Crippen LogP contribution is -2.41. The Balaban J connectivity index is 1.71. The third kappa shape index (κ3) is 4.20. The highest BCUT2D eigenvalue weighted by molar-refractivity contribution is 8.15. The zero-order valence-electron chi connectivity index (χ0n) is 12.5. The van der Waals surface area contributed by atoms with Gasteiger partial charge in [-0.25, -0.2) is 9.38 Å². The highest BCUT2D eigenvalue weighted by atomic mass is 32.2. The SMILES string of the molecule is O=C1CC(C(=O)Nc2ccc(F)cc2)SC(=Nc2ccccc2)N1. The average molecular weight is 343 g/mol. The van der Waals surface area contributed by atoms with E-state index in [0.717, 1.165) is 0 Å². The number of rotatable bonds is 3. The van der Waals surface area contributed by atoms with E-state index >= 15 is 0 Å². The molecule has 1 heterocycles. The second-order valence-electron chi connectivity index (χ2n) is 5.11. The molecule has 0 spiro atoms. The number of nitrogens with zero attached hydrogens (tertiary/aromatic N) is 1. The molecule has 1 atom stereocenters. The minimum atomic E-state index is -0.591. The van der Waals surface area contributed by atoms with Crippen LogP contribution in [-0.2, 0) is 9.59 Å². The van der Waals surface area contributed by atoms with Gasteiger partial charge in [0.1, 0.15) is 11.1 Å². The highest BCUT2D eigenvalue weighted by Gasteiger charge is 2.30. The van der Waals surface area contributed by atoms with Crippen molar-refractivity contribution in [3.63, 3.8) is 0 Å². The van der Waals surface area contributed by atoms with Crippen LogP contribution in [0.3, 0.4) is 0 Å². The Morgan fingerprint density at radius 1 is 1.17 bits per heavy atom. The smallest absolute Gasteiger partial charge is 0.238 e. The van der Waals surface area contributed by atoms with Crippen molar-refractivity contribution >= 4 is 40.1 Å². The Morgan fingerprint density at radius 3 is 2.58 bits per heavy atom. The molecule has 2 N–H and O–H groups in total. The largest absolute Gasteiger partial charge is 0.325 e. The van der Waals surface area contributed by atoms with E-state index in [1.54, 1.807) is 0 Å². The van der Waals surface area contributed by atoms with Gasteiger partial charge in [0.05, 0.1) is 5.69 Å². The maximum absolute atomic E-state index is 12.9. The van der Waals surface area contributed by atoms with E-state index in [0.29, 0.717) is 16.5 Å². The Hall–Kier alpha value is -2.67. The molecule has 2 aromatic rings. The fourth-order valence-electron chi connectivity index (χ4n) is 2.12. The lowest BCUT2D eigenvalue weighted by Gasteiger charge is -2.22. The predicted molar refractivity (Wildman–Crippen MR) is 92.7 cm³/mol. The van der Waals surface area contributed by atoms with Crippen molar-refractivity contribution in [2.45, 2.75) is 11.7 Å². The number of carbonyl (C=O) groups is 2. The van der Waals surface area contributed by atoms with Gasteiger partial charge in [0.2, 0.25) is 11.8 Å². The standard InChI is InChI=1S/C17H14FN3O2S/c18-11-6-8-13(9-7-11)19-16(23)14-10-15(22)21-17(24-14)20-12-4-2-1-3-5-12/h1-9,14H,10H2,(H,19,23)(H,20,21,22). The van der Waals surface area contributed by atoms with Gasteiger partial charge in [-0.15, -0.1) is 0 Å². The highest BCUT2D eigenvalue weighted by Crippen LogP contribution is 2.24. The number of hydrogen-bond donors (Lipinski definition) is 2. The summed E-state index contributed by atoms with van der Waals surface area (Å²) in [4.78, 5) is 28.5. The summed E-state index contributed by atoms with van der Waals surface area (Å²) in [6, 6.07) is 14.6. The molecule has 0 aliphatic carbocycles. The molecule has 24 heavy (non-hydrogen) atoms. The van der Waals surface area contributed by atoms with E-state index in [1.165, 1.54) is 36.0 Å². The van der Waals surface area contributed by atoms with Crippen LogP contribution in [0.25, 0.3) is 0 Å². The maximum Gasteiger partial charge on any atom is 0.238 e. The molecular formula is C17H14FN3O2S. The Kier molecular flexibility index (Phi) is 4.90. The molecule has 1 aliphatic rings. The first-order chi connectivity index (χ1) is 11.6. The van der Waals surface area contributed by atoms with Gasteiger partial charge in [0, 0.05) is 12.1 Å². The molecule has 1 fully saturated rings. The molecule has 122 valence electrons. The predicted octanol–water partition coefficient (Wildman–Crippen LogP) is 3.07. The first-order valence-electron chi connectivity index (χ1n) is 7.27. The summed E-state index contributed by atoms with van der Waals surface area (Å²) in [5.74, 6) is -0.957. The molecule has 0 saturated carbocycles. The molecule has 0 radical (unpaired) electrons. The van der Waals surface area contributed by atoms with Gasteiger partial charge in [0.15, 0.2) is 5.17 Å². The van der Waals surface area contributed by atoms with E-state index in [1.807, 2.05) is 30.3 Å². The van der Waals surface area contributed by atoms with Crippen LogP contribution >= 0.6 is 11.8 Å². The van der Waals surface area contributed by atoms with Crippen molar-refractivity contribution in [1.82, 2.24) is 5.32 Å². The molecular weight excluding hydrogens is 329 g/mol. The van der Waals surface area contributed by atoms with E-state index in [4.69, 9.17) is 0 Å². The summed E-state index contributed by atoms with van der Waals surface area (Å²) in [7, 11) is 0. The topological polar surface area (TPSA) is 70.6 Å². The summed E-state index contributed by atoms with van der Waals surface area (Å²) >= 11 is 1.19. The molecule has 1 aliphatic heterocycles. The number of aliphatic imine (C=N–C) groups is 1. The summed E-state index contributed by atoms with van der Waals surface area (Å²) in [6.07, 6.45) is 0.0610. The van der Waals surface area contributed by atoms with Gasteiger partial charge in [0.25, 0.3) is 0 Å². The molecule has 7 heteroatoms. The maximum atomic E-state index is 12.9. The van der Waals surface area contributed by atoms with Crippen LogP contribution in [0.1, 0.15) is 6.42 Å². The molecule has 1 unspecified atom stereocenters. The molecule has 2 aromatic carbocycles. The average Bonchev–Trinajstić information content (AvgIpc) is 2.57. The fraction of sp³-hybridized carbons (Fsp3) is 0.118. The number of anilines is 1. The van der Waals surface area contributed by atoms with Crippen LogP contribution in [0.15, 0.2) is 59.6 Å². The van der Waals surface area contributed by atoms with E-state index in [9.17, 15) is 14.0 Å². The Labute approximate surface area is 142 Å². The van der Waals surface area contributed by atoms with Crippen molar-refractivity contribution in [3.8, 4) is 0 Å². The number of nitrogens with one attached hydrogen (secondary N) is 2. The number of para-hydroxylation sites is 1. The fourth-order valence-corrected chi connectivity index (χ4v) is 3.12. The first-order valence-corrected chi connectivity index (χ1v) is 8.15. The summed E-state index contributed by atoms with van der Waals surface area (Å²) in [5, 5.41) is 5.14. The molecule has 5 nitrogen and oxygen atoms in total. The third-order valence-corrected chi connectivity index (χ3v) is 4.34. The van der Waals surface area contributed by atoms with Gasteiger partial charge in [-0.1, -0.05) is 30.0 Å². The minimum absolute atomic E-state index is 0.0610. The van der Waals surface area contributed by atoms with E-state index < -0.39 is 5.25 Å². The summed E-state index contributed by atoms with van der Waals surface area (Å²) in [5.41, 5.74) is 1.18. The quantitative estimate of drug-likeness (QED) is 0.900. The Morgan fingerprint density at radius 2 is 1.88 bits per heavy atom. The monoisotopic (exact) mass is 343 g/mol. The molecule has 1 saturated heterocycles. The van der Waals surface area contributed by atoms with Crippen molar-refractivity contribution in [2.75, 3.05) is 5.32 Å². The zero-order valence-corrected chi connectivity index (χ0v) is 13.3. The second kappa shape index (κ2) is 7.27. The van der Waals surface area contributed by atoms with Gasteiger partial charge < -0.3 is 10.6 Å². The first kappa shape index (κ1) is 16.2. The van der Waals surface area contributed by atoms with Gasteiger partial charge in [-0.05, 0) is 36.4 Å². The Bertz CT molecular complexity index is 778. The second-order valence-corrected chi connectivity index (χ2v) is 6.30. The molecule has 0 aromatic heterocycles. The number of amidine groups is 1. The number of carbonyl (C=O) groups excluding carboxylic acids is 2. The third-order valence-electron chi connectivity index (χ3n) is 3.26. The summed E-state index contributed by atoms with van der Waals surface area (Å²) in [6.45, 7) is 0. The van der Waals surface area contributed by atoms with Crippen LogP contribution in [0, 0.1) is 5.82 Å². The van der Waals surface area contributed by atoms with Crippen LogP contribution in [0.5, 0.6) is 0 Å². The lowest BCUT2D eigenvalue weighted by molar-refractivity contribution is -0.123. The van der Waals surface area contributed by atoms with Gasteiger partial charge >= 0.3 is 0 Å². The number of amides is 2. The van der Waals surface area contributed by atoms with Crippen molar-refractivity contribution in [1.29, 1.82) is 0 Å². The minimum Gasteiger partial charge on any atom is -0.325 e. The van der Waals surface area contributed by atoms with Crippen LogP contribution < -0.4 is 10.6 Å². The zero-order chi connectivity index (χ0) is 16.9. The molecule has 2 amide bonds. The van der Waals surface area contributed by atoms with Gasteiger partial charge in [-0.3, -0.25) is 9.59 Å². The van der Waals surface area contributed by atoms with E-state index in [-0.39, 0.29) is 24.1 Å². The van der Waals surface area contributed by atoms with E-state index in [2.05, 4.69) is 15.6 Å². The number of thioether (sulfide) groups is 1. The normalized spacial score (nSPS) is 19.0. The van der Waals surface area contributed by atoms with Crippen LogP contribution in [0.2, 0.25) is 0 Å². The van der Waals surface area contributed by atoms with Crippen molar-refractivity contribution in [2.24, 2.45) is 4.99 Å². The van der Waals surface area contributed by atoms with Crippen LogP contribution in [-0.4, -0.2) is 22.2 Å². The lowest BCUT2D eigenvalue weighted by atomic mass is 10.2. The van der Waals surface area contributed by atoms with Gasteiger partial charge in [-0.2, -0.15) is 0 Å². The van der Waals surface area contributed by atoms with Crippen molar-refractivity contribution in [3.05, 3.63) is 60.4 Å². The summed E-state index contributed by atoms with van der Waals surface area (Å²) < 4.78 is 12.9. The van der Waals surface area contributed by atoms with Crippen LogP contribution in [0.4, 0.5) is 15.8 Å². The number of benzene rings is 2. The van der Waals surface area contributed by atoms with Crippen molar-refractivity contribution < 1.29 is 14.0 Å². The number of hydrogen-bond acceptors (Lipinski definition) is 4. The molecule has 0 bridgehead atoms. The number of halogens is 1.